The Balaban J connectivity index is 1.60. The van der Waals surface area contributed by atoms with Crippen molar-refractivity contribution in [3.8, 4) is 0 Å². The summed E-state index contributed by atoms with van der Waals surface area (Å²) in [4.78, 5) is 27.5. The summed E-state index contributed by atoms with van der Waals surface area (Å²) < 4.78 is 5.37. The Hall–Kier alpha value is -2.08. The van der Waals surface area contributed by atoms with Crippen molar-refractivity contribution in [2.45, 2.75) is 83.5 Å². The molecular weight excluding hydrogens is 380 g/mol. The summed E-state index contributed by atoms with van der Waals surface area (Å²) in [6.45, 7) is 8.68. The molecule has 30 heavy (non-hydrogen) atoms. The number of piperidine rings is 1. The minimum atomic E-state index is -0.867. The van der Waals surface area contributed by atoms with Crippen molar-refractivity contribution in [2.75, 3.05) is 13.1 Å². The number of hydrogen-bond acceptors (Lipinski definition) is 4. The molecule has 6 heteroatoms. The number of carbonyl (C=O) groups excluding carboxylic acids is 2. The molecule has 0 unspecified atom stereocenters. The minimum Gasteiger partial charge on any atom is -0.444 e. The van der Waals surface area contributed by atoms with Crippen LogP contribution in [0.25, 0.3) is 0 Å². The molecule has 1 saturated carbocycles. The van der Waals surface area contributed by atoms with Crippen molar-refractivity contribution < 1.29 is 19.4 Å². The molecule has 1 aromatic carbocycles. The van der Waals surface area contributed by atoms with Crippen molar-refractivity contribution in [1.29, 1.82) is 0 Å². The Bertz CT molecular complexity index is 750. The molecule has 0 aromatic heterocycles. The van der Waals surface area contributed by atoms with E-state index in [0.29, 0.717) is 32.4 Å². The summed E-state index contributed by atoms with van der Waals surface area (Å²) in [6, 6.07) is 9.68. The van der Waals surface area contributed by atoms with Crippen LogP contribution in [0.15, 0.2) is 30.3 Å². The predicted molar refractivity (Wildman–Crippen MR) is 116 cm³/mol. The van der Waals surface area contributed by atoms with E-state index in [4.69, 9.17) is 4.74 Å². The van der Waals surface area contributed by atoms with Gasteiger partial charge in [-0.05, 0) is 64.9 Å². The van der Waals surface area contributed by atoms with E-state index in [1.807, 2.05) is 56.0 Å². The van der Waals surface area contributed by atoms with Gasteiger partial charge in [0.25, 0.3) is 0 Å². The lowest BCUT2D eigenvalue weighted by atomic mass is 9.79. The molecule has 2 N–H and O–H groups in total. The van der Waals surface area contributed by atoms with Crippen LogP contribution < -0.4 is 5.32 Å². The van der Waals surface area contributed by atoms with Crippen LogP contribution in [0.3, 0.4) is 0 Å². The first kappa shape index (κ1) is 22.6. The maximum absolute atomic E-state index is 13.5. The molecule has 0 radical (unpaired) electrons. The van der Waals surface area contributed by atoms with Crippen LogP contribution in [0.5, 0.6) is 0 Å². The van der Waals surface area contributed by atoms with Crippen LogP contribution in [-0.2, 0) is 15.1 Å². The number of nitrogens with zero attached hydrogens (tertiary/aromatic N) is 1. The molecule has 3 rings (SSSR count). The first-order chi connectivity index (χ1) is 14.1. The van der Waals surface area contributed by atoms with E-state index < -0.39 is 22.7 Å². The highest BCUT2D eigenvalue weighted by Gasteiger charge is 2.48. The predicted octanol–water partition coefficient (Wildman–Crippen LogP) is 3.97. The second-order valence-corrected chi connectivity index (χ2v) is 9.91. The Morgan fingerprint density at radius 1 is 1.17 bits per heavy atom. The molecule has 1 aromatic rings. The van der Waals surface area contributed by atoms with Crippen molar-refractivity contribution in [3.63, 3.8) is 0 Å². The van der Waals surface area contributed by atoms with Gasteiger partial charge in [0.1, 0.15) is 5.60 Å². The number of alkyl carbamates (subject to hydrolysis) is 1. The quantitative estimate of drug-likeness (QED) is 0.778. The number of aliphatic hydroxyl groups is 1. The minimum absolute atomic E-state index is 0.0465. The molecule has 0 bridgehead atoms. The van der Waals surface area contributed by atoms with Gasteiger partial charge in [0.15, 0.2) is 0 Å². The van der Waals surface area contributed by atoms with E-state index in [-0.39, 0.29) is 11.9 Å². The van der Waals surface area contributed by atoms with Gasteiger partial charge in [0, 0.05) is 19.1 Å². The van der Waals surface area contributed by atoms with E-state index >= 15 is 0 Å². The van der Waals surface area contributed by atoms with Crippen molar-refractivity contribution >= 4 is 12.0 Å². The lowest BCUT2D eigenvalue weighted by Crippen LogP contribution is -2.50. The van der Waals surface area contributed by atoms with Crippen molar-refractivity contribution in [2.24, 2.45) is 5.41 Å². The van der Waals surface area contributed by atoms with Crippen molar-refractivity contribution in [3.05, 3.63) is 35.9 Å². The summed E-state index contributed by atoms with van der Waals surface area (Å²) >= 11 is 0. The Kier molecular flexibility index (Phi) is 6.46. The molecule has 2 atom stereocenters. The average molecular weight is 417 g/mol. The Morgan fingerprint density at radius 2 is 1.80 bits per heavy atom. The molecule has 1 saturated heterocycles. The first-order valence-corrected chi connectivity index (χ1v) is 11.1. The van der Waals surface area contributed by atoms with Crippen LogP contribution in [0.4, 0.5) is 4.79 Å². The van der Waals surface area contributed by atoms with E-state index in [0.717, 1.165) is 24.8 Å². The number of benzene rings is 1. The van der Waals surface area contributed by atoms with E-state index in [1.165, 1.54) is 0 Å². The third-order valence-electron chi connectivity index (χ3n) is 6.65. The average Bonchev–Trinajstić information content (AvgIpc) is 3.11. The number of amides is 2. The number of nitrogens with one attached hydrogen (secondary N) is 1. The second-order valence-electron chi connectivity index (χ2n) is 9.91. The third kappa shape index (κ3) is 4.97. The van der Waals surface area contributed by atoms with E-state index in [9.17, 15) is 14.7 Å². The lowest BCUT2D eigenvalue weighted by Gasteiger charge is -2.42. The third-order valence-corrected chi connectivity index (χ3v) is 6.65. The summed E-state index contributed by atoms with van der Waals surface area (Å²) in [7, 11) is 0. The fourth-order valence-electron chi connectivity index (χ4n) is 4.84. The van der Waals surface area contributed by atoms with Crippen molar-refractivity contribution in [1.82, 2.24) is 10.2 Å². The Labute approximate surface area is 180 Å². The van der Waals surface area contributed by atoms with E-state index in [2.05, 4.69) is 12.2 Å². The molecular formula is C24H36N2O4. The number of carbonyl (C=O) groups is 2. The highest BCUT2D eigenvalue weighted by atomic mass is 16.6. The van der Waals surface area contributed by atoms with Crippen LogP contribution >= 0.6 is 0 Å². The number of rotatable bonds is 4. The largest absolute Gasteiger partial charge is 0.444 e. The fourth-order valence-corrected chi connectivity index (χ4v) is 4.84. The van der Waals surface area contributed by atoms with Crippen LogP contribution in [0.2, 0.25) is 0 Å². The highest BCUT2D eigenvalue weighted by molar-refractivity contribution is 5.83. The SMILES string of the molecule is CC[C@]1(C(=O)N2CCC(O)(c3ccccc3)CC2)CC[C@@H](NC(=O)OC(C)(C)C)C1. The van der Waals surface area contributed by atoms with Gasteiger partial charge in [0.2, 0.25) is 5.91 Å². The second kappa shape index (κ2) is 8.58. The zero-order valence-electron chi connectivity index (χ0n) is 18.7. The topological polar surface area (TPSA) is 78.9 Å². The van der Waals surface area contributed by atoms with Crippen LogP contribution in [0.1, 0.15) is 71.8 Å². The van der Waals surface area contributed by atoms with Gasteiger partial charge >= 0.3 is 6.09 Å². The molecule has 0 spiro atoms. The summed E-state index contributed by atoms with van der Waals surface area (Å²) in [5.41, 5.74) is -0.927. The standard InChI is InChI=1S/C24H36N2O4/c1-5-23(12-11-19(17-23)25-21(28)30-22(2,3)4)20(27)26-15-13-24(29,14-16-26)18-9-7-6-8-10-18/h6-10,19,29H,5,11-17H2,1-4H3,(H,25,28)/t19-,23+/m1/s1. The van der Waals surface area contributed by atoms with E-state index in [1.54, 1.807) is 0 Å². The van der Waals surface area contributed by atoms with Crippen LogP contribution in [0, 0.1) is 5.41 Å². The molecule has 166 valence electrons. The Morgan fingerprint density at radius 3 is 2.37 bits per heavy atom. The molecule has 6 nitrogen and oxygen atoms in total. The fraction of sp³-hybridized carbons (Fsp3) is 0.667. The molecule has 2 aliphatic rings. The van der Waals surface area contributed by atoms with Gasteiger partial charge < -0.3 is 20.1 Å². The molecule has 1 aliphatic heterocycles. The maximum atomic E-state index is 13.5. The van der Waals surface area contributed by atoms with Gasteiger partial charge in [-0.1, -0.05) is 37.3 Å². The zero-order valence-corrected chi connectivity index (χ0v) is 18.7. The smallest absolute Gasteiger partial charge is 0.407 e. The summed E-state index contributed by atoms with van der Waals surface area (Å²) in [5.74, 6) is 0.161. The normalized spacial score (nSPS) is 26.3. The number of ether oxygens (including phenoxy) is 1. The van der Waals surface area contributed by atoms with Gasteiger partial charge in [-0.2, -0.15) is 0 Å². The molecule has 2 amide bonds. The summed E-state index contributed by atoms with van der Waals surface area (Å²) in [6.07, 6.45) is 3.60. The molecule has 1 aliphatic carbocycles. The zero-order chi connectivity index (χ0) is 22.0. The van der Waals surface area contributed by atoms with Gasteiger partial charge in [-0.25, -0.2) is 4.79 Å². The number of likely N-dealkylation sites (tertiary alicyclic amines) is 1. The highest BCUT2D eigenvalue weighted by Crippen LogP contribution is 2.44. The molecule has 1 heterocycles. The summed E-state index contributed by atoms with van der Waals surface area (Å²) in [5, 5.41) is 14.0. The number of hydrogen-bond donors (Lipinski definition) is 2. The maximum Gasteiger partial charge on any atom is 0.407 e. The first-order valence-electron chi connectivity index (χ1n) is 11.1. The lowest BCUT2D eigenvalue weighted by molar-refractivity contribution is -0.147. The molecule has 2 fully saturated rings. The van der Waals surface area contributed by atoms with Crippen LogP contribution in [-0.4, -0.2) is 46.7 Å². The van der Waals surface area contributed by atoms with Gasteiger partial charge in [-0.3, -0.25) is 4.79 Å². The van der Waals surface area contributed by atoms with Gasteiger partial charge in [0.05, 0.1) is 11.0 Å². The monoisotopic (exact) mass is 416 g/mol. The van der Waals surface area contributed by atoms with Gasteiger partial charge in [-0.15, -0.1) is 0 Å².